The molecule has 0 saturated heterocycles. The number of benzene rings is 1. The maximum Gasteiger partial charge on any atom is 0.137 e. The second-order valence-electron chi connectivity index (χ2n) is 3.22. The first kappa shape index (κ1) is 9.51. The molecule has 1 aromatic heterocycles. The van der Waals surface area contributed by atoms with Crippen LogP contribution in [0.15, 0.2) is 23.6 Å². The van der Waals surface area contributed by atoms with Gasteiger partial charge in [0.2, 0.25) is 0 Å². The van der Waals surface area contributed by atoms with E-state index in [1.165, 1.54) is 6.33 Å². The van der Waals surface area contributed by atoms with Crippen molar-refractivity contribution in [3.63, 3.8) is 0 Å². The van der Waals surface area contributed by atoms with Gasteiger partial charge in [0.15, 0.2) is 0 Å². The highest BCUT2D eigenvalue weighted by Crippen LogP contribution is 2.27. The zero-order chi connectivity index (χ0) is 10.8. The van der Waals surface area contributed by atoms with Crippen LogP contribution in [0, 0.1) is 11.8 Å². The van der Waals surface area contributed by atoms with E-state index in [-0.39, 0.29) is 0 Å². The van der Waals surface area contributed by atoms with Gasteiger partial charge in [-0.15, -0.1) is 4.91 Å². The molecule has 1 heterocycles. The first-order valence-electron chi connectivity index (χ1n) is 4.52. The van der Waals surface area contributed by atoms with Gasteiger partial charge in [-0.1, -0.05) is 0 Å². The molecule has 0 radical (unpaired) electrons. The van der Waals surface area contributed by atoms with Crippen LogP contribution in [0.5, 0.6) is 0 Å². The third kappa shape index (κ3) is 1.52. The predicted octanol–water partition coefficient (Wildman–Crippen LogP) is 2.38. The quantitative estimate of drug-likeness (QED) is 0.759. The third-order valence-electron chi connectivity index (χ3n) is 2.29. The van der Waals surface area contributed by atoms with E-state index in [0.717, 1.165) is 16.5 Å². The SMILES string of the molecule is CNc1ncnc2cc(C)c(N=O)cc12. The van der Waals surface area contributed by atoms with Gasteiger partial charge in [0, 0.05) is 12.4 Å². The predicted molar refractivity (Wildman–Crippen MR) is 59.3 cm³/mol. The van der Waals surface area contributed by atoms with Crippen LogP contribution in [0.1, 0.15) is 5.56 Å². The summed E-state index contributed by atoms with van der Waals surface area (Å²) in [5.74, 6) is 0.699. The Labute approximate surface area is 86.5 Å². The Balaban J connectivity index is 2.81. The molecule has 0 aliphatic rings. The Hall–Kier alpha value is -2.04. The third-order valence-corrected chi connectivity index (χ3v) is 2.29. The van der Waals surface area contributed by atoms with E-state index in [9.17, 15) is 4.91 Å². The van der Waals surface area contributed by atoms with Crippen molar-refractivity contribution in [2.75, 3.05) is 12.4 Å². The normalized spacial score (nSPS) is 10.3. The van der Waals surface area contributed by atoms with Crippen LogP contribution >= 0.6 is 0 Å². The topological polar surface area (TPSA) is 67.2 Å². The number of aromatic nitrogens is 2. The summed E-state index contributed by atoms with van der Waals surface area (Å²) in [4.78, 5) is 18.8. The minimum absolute atomic E-state index is 0.425. The van der Waals surface area contributed by atoms with Crippen molar-refractivity contribution in [1.82, 2.24) is 9.97 Å². The Morgan fingerprint density at radius 2 is 2.13 bits per heavy atom. The van der Waals surface area contributed by atoms with E-state index in [1.807, 2.05) is 13.0 Å². The summed E-state index contributed by atoms with van der Waals surface area (Å²) in [5.41, 5.74) is 2.05. The van der Waals surface area contributed by atoms with E-state index in [1.54, 1.807) is 13.1 Å². The fraction of sp³-hybridized carbons (Fsp3) is 0.200. The Bertz CT molecular complexity index is 524. The van der Waals surface area contributed by atoms with E-state index in [4.69, 9.17) is 0 Å². The molecule has 0 aliphatic heterocycles. The standard InChI is InChI=1S/C10H10N4O/c1-6-3-9-7(4-8(6)14-15)10(11-2)13-5-12-9/h3-5H,1-2H3,(H,11,12,13). The van der Waals surface area contributed by atoms with Crippen LogP contribution in [0.25, 0.3) is 10.9 Å². The van der Waals surface area contributed by atoms with Crippen molar-refractivity contribution in [3.8, 4) is 0 Å². The van der Waals surface area contributed by atoms with E-state index < -0.39 is 0 Å². The van der Waals surface area contributed by atoms with Crippen LogP contribution in [0.4, 0.5) is 11.5 Å². The average Bonchev–Trinajstić information content (AvgIpc) is 2.27. The van der Waals surface area contributed by atoms with Crippen LogP contribution in [-0.4, -0.2) is 17.0 Å². The van der Waals surface area contributed by atoms with Crippen LogP contribution in [-0.2, 0) is 0 Å². The molecule has 0 spiro atoms. The summed E-state index contributed by atoms with van der Waals surface area (Å²) in [6.07, 6.45) is 1.49. The number of rotatable bonds is 2. The highest BCUT2D eigenvalue weighted by Gasteiger charge is 2.06. The highest BCUT2D eigenvalue weighted by molar-refractivity contribution is 5.91. The van der Waals surface area contributed by atoms with Crippen LogP contribution in [0.2, 0.25) is 0 Å². The van der Waals surface area contributed by atoms with Gasteiger partial charge in [-0.2, -0.15) is 0 Å². The lowest BCUT2D eigenvalue weighted by Crippen LogP contribution is -1.94. The lowest BCUT2D eigenvalue weighted by Gasteiger charge is -2.05. The summed E-state index contributed by atoms with van der Waals surface area (Å²) in [6.45, 7) is 1.83. The monoisotopic (exact) mass is 202 g/mol. The average molecular weight is 202 g/mol. The Morgan fingerprint density at radius 1 is 1.33 bits per heavy atom. The number of hydrogen-bond donors (Lipinski definition) is 1. The fourth-order valence-electron chi connectivity index (χ4n) is 1.49. The van der Waals surface area contributed by atoms with Gasteiger partial charge in [0.05, 0.1) is 5.52 Å². The first-order chi connectivity index (χ1) is 7.26. The van der Waals surface area contributed by atoms with Crippen molar-refractivity contribution in [2.45, 2.75) is 6.92 Å². The largest absolute Gasteiger partial charge is 0.373 e. The number of anilines is 1. The minimum atomic E-state index is 0.425. The van der Waals surface area contributed by atoms with Gasteiger partial charge in [0.1, 0.15) is 17.8 Å². The van der Waals surface area contributed by atoms with Gasteiger partial charge in [-0.05, 0) is 29.8 Å². The number of hydrogen-bond acceptors (Lipinski definition) is 5. The van der Waals surface area contributed by atoms with E-state index >= 15 is 0 Å². The summed E-state index contributed by atoms with van der Waals surface area (Å²) < 4.78 is 0. The minimum Gasteiger partial charge on any atom is -0.373 e. The van der Waals surface area contributed by atoms with Crippen molar-refractivity contribution < 1.29 is 0 Å². The molecular weight excluding hydrogens is 192 g/mol. The lowest BCUT2D eigenvalue weighted by molar-refractivity contribution is 1.20. The van der Waals surface area contributed by atoms with E-state index in [0.29, 0.717) is 11.5 Å². The Kier molecular flexibility index (Phi) is 2.29. The van der Waals surface area contributed by atoms with Crippen LogP contribution < -0.4 is 5.32 Å². The number of nitrogens with one attached hydrogen (secondary N) is 1. The molecule has 0 amide bonds. The van der Waals surface area contributed by atoms with Gasteiger partial charge >= 0.3 is 0 Å². The molecule has 0 fully saturated rings. The first-order valence-corrected chi connectivity index (χ1v) is 4.52. The molecule has 15 heavy (non-hydrogen) atoms. The molecule has 0 saturated carbocycles. The summed E-state index contributed by atoms with van der Waals surface area (Å²) in [7, 11) is 1.77. The fourth-order valence-corrected chi connectivity index (χ4v) is 1.49. The van der Waals surface area contributed by atoms with E-state index in [2.05, 4.69) is 20.5 Å². The maximum atomic E-state index is 10.6. The second kappa shape index (κ2) is 3.61. The van der Waals surface area contributed by atoms with Crippen molar-refractivity contribution >= 4 is 22.4 Å². The zero-order valence-electron chi connectivity index (χ0n) is 8.48. The zero-order valence-corrected chi connectivity index (χ0v) is 8.48. The van der Waals surface area contributed by atoms with Crippen molar-refractivity contribution in [2.24, 2.45) is 5.18 Å². The van der Waals surface area contributed by atoms with Gasteiger partial charge in [-0.25, -0.2) is 9.97 Å². The molecule has 1 aromatic carbocycles. The highest BCUT2D eigenvalue weighted by atomic mass is 16.3. The maximum absolute atomic E-state index is 10.6. The molecule has 0 atom stereocenters. The molecular formula is C10H10N4O. The number of nitroso groups, excluding NO2 is 1. The second-order valence-corrected chi connectivity index (χ2v) is 3.22. The molecule has 2 rings (SSSR count). The lowest BCUT2D eigenvalue weighted by atomic mass is 10.1. The smallest absolute Gasteiger partial charge is 0.137 e. The molecule has 2 aromatic rings. The summed E-state index contributed by atoms with van der Waals surface area (Å²) in [6, 6.07) is 3.53. The molecule has 0 unspecified atom stereocenters. The van der Waals surface area contributed by atoms with Crippen molar-refractivity contribution in [1.29, 1.82) is 0 Å². The number of nitrogens with zero attached hydrogens (tertiary/aromatic N) is 3. The molecule has 0 bridgehead atoms. The van der Waals surface area contributed by atoms with Crippen molar-refractivity contribution in [3.05, 3.63) is 28.9 Å². The molecule has 76 valence electrons. The molecule has 5 nitrogen and oxygen atoms in total. The van der Waals surface area contributed by atoms with Gasteiger partial charge in [0.25, 0.3) is 0 Å². The number of aryl methyl sites for hydroxylation is 1. The molecule has 0 aliphatic carbocycles. The van der Waals surface area contributed by atoms with Crippen LogP contribution in [0.3, 0.4) is 0 Å². The Morgan fingerprint density at radius 3 is 2.80 bits per heavy atom. The molecule has 5 heteroatoms. The molecule has 1 N–H and O–H groups in total. The number of fused-ring (bicyclic) bond motifs is 1. The van der Waals surface area contributed by atoms with Gasteiger partial charge < -0.3 is 5.32 Å². The summed E-state index contributed by atoms with van der Waals surface area (Å²) >= 11 is 0. The van der Waals surface area contributed by atoms with Gasteiger partial charge in [-0.3, -0.25) is 0 Å². The summed E-state index contributed by atoms with van der Waals surface area (Å²) in [5, 5.41) is 6.71.